The smallest absolute Gasteiger partial charge is 0.220 e. The third kappa shape index (κ3) is 1.28. The highest BCUT2D eigenvalue weighted by atomic mass is 32.1. The third-order valence-corrected chi connectivity index (χ3v) is 2.87. The van der Waals surface area contributed by atoms with Gasteiger partial charge in [0.1, 0.15) is 0 Å². The zero-order chi connectivity index (χ0) is 7.68. The summed E-state index contributed by atoms with van der Waals surface area (Å²) in [6.07, 6.45) is 1.64. The van der Waals surface area contributed by atoms with Gasteiger partial charge < -0.3 is 5.32 Å². The summed E-state index contributed by atoms with van der Waals surface area (Å²) in [5.74, 6) is 0.184. The number of carbonyl (C=O) groups is 1. The van der Waals surface area contributed by atoms with Crippen molar-refractivity contribution >= 4 is 17.2 Å². The second-order valence-electron chi connectivity index (χ2n) is 2.67. The van der Waals surface area contributed by atoms with Crippen LogP contribution in [0.15, 0.2) is 17.5 Å². The molecule has 0 aromatic carbocycles. The number of rotatable bonds is 1. The van der Waals surface area contributed by atoms with Gasteiger partial charge in [0.15, 0.2) is 0 Å². The van der Waals surface area contributed by atoms with Crippen molar-refractivity contribution in [1.82, 2.24) is 5.32 Å². The van der Waals surface area contributed by atoms with Crippen LogP contribution in [0.3, 0.4) is 0 Å². The van der Waals surface area contributed by atoms with Gasteiger partial charge in [-0.25, -0.2) is 0 Å². The van der Waals surface area contributed by atoms with Crippen molar-refractivity contribution in [1.29, 1.82) is 0 Å². The van der Waals surface area contributed by atoms with E-state index in [1.165, 1.54) is 4.88 Å². The summed E-state index contributed by atoms with van der Waals surface area (Å²) in [5.41, 5.74) is 0. The van der Waals surface area contributed by atoms with Gasteiger partial charge in [-0.1, -0.05) is 6.07 Å². The van der Waals surface area contributed by atoms with Gasteiger partial charge in [-0.05, 0) is 17.9 Å². The maximum absolute atomic E-state index is 10.8. The maximum Gasteiger partial charge on any atom is 0.220 e. The van der Waals surface area contributed by atoms with E-state index in [1.807, 2.05) is 11.4 Å². The average molecular weight is 167 g/mol. The standard InChI is InChI=1S/C8H9NOS/c10-8-4-3-6(9-8)7-2-1-5-11-7/h1-2,5-6H,3-4H2,(H,9,10). The molecule has 11 heavy (non-hydrogen) atoms. The minimum atomic E-state index is 0.184. The summed E-state index contributed by atoms with van der Waals surface area (Å²) in [6, 6.07) is 4.38. The summed E-state index contributed by atoms with van der Waals surface area (Å²) in [5, 5.41) is 4.97. The van der Waals surface area contributed by atoms with Crippen LogP contribution in [0.25, 0.3) is 0 Å². The number of carbonyl (C=O) groups excluding carboxylic acids is 1. The highest BCUT2D eigenvalue weighted by Gasteiger charge is 2.22. The molecule has 1 aromatic rings. The molecule has 1 saturated heterocycles. The van der Waals surface area contributed by atoms with Gasteiger partial charge in [0.05, 0.1) is 6.04 Å². The van der Waals surface area contributed by atoms with Gasteiger partial charge in [0.2, 0.25) is 5.91 Å². The predicted molar refractivity (Wildman–Crippen MR) is 44.4 cm³/mol. The van der Waals surface area contributed by atoms with Crippen LogP contribution in [0.4, 0.5) is 0 Å². The first-order valence-electron chi connectivity index (χ1n) is 3.69. The molecule has 0 saturated carbocycles. The van der Waals surface area contributed by atoms with E-state index in [2.05, 4.69) is 11.4 Å². The Bertz CT molecular complexity index is 255. The molecule has 1 fully saturated rings. The first-order chi connectivity index (χ1) is 5.36. The summed E-state index contributed by atoms with van der Waals surface area (Å²) in [7, 11) is 0. The minimum absolute atomic E-state index is 0.184. The van der Waals surface area contributed by atoms with Gasteiger partial charge >= 0.3 is 0 Å². The lowest BCUT2D eigenvalue weighted by atomic mass is 10.2. The van der Waals surface area contributed by atoms with Gasteiger partial charge in [0, 0.05) is 11.3 Å². The number of hydrogen-bond acceptors (Lipinski definition) is 2. The Balaban J connectivity index is 2.13. The zero-order valence-electron chi connectivity index (χ0n) is 6.04. The molecule has 2 heterocycles. The van der Waals surface area contributed by atoms with Crippen molar-refractivity contribution in [3.05, 3.63) is 22.4 Å². The molecule has 0 aliphatic carbocycles. The first kappa shape index (κ1) is 6.85. The van der Waals surface area contributed by atoms with Crippen molar-refractivity contribution in [2.24, 2.45) is 0 Å². The molecule has 2 nitrogen and oxygen atoms in total. The van der Waals surface area contributed by atoms with Gasteiger partial charge in [-0.15, -0.1) is 11.3 Å². The Hall–Kier alpha value is -0.830. The van der Waals surface area contributed by atoms with E-state index in [1.54, 1.807) is 11.3 Å². The van der Waals surface area contributed by atoms with E-state index >= 15 is 0 Å². The molecule has 1 unspecified atom stereocenters. The fourth-order valence-corrected chi connectivity index (χ4v) is 2.13. The van der Waals surface area contributed by atoms with Crippen LogP contribution in [0.1, 0.15) is 23.8 Å². The molecule has 1 aliphatic heterocycles. The maximum atomic E-state index is 10.8. The highest BCUT2D eigenvalue weighted by Crippen LogP contribution is 2.26. The third-order valence-electron chi connectivity index (χ3n) is 1.88. The largest absolute Gasteiger partial charge is 0.348 e. The molecule has 58 valence electrons. The Morgan fingerprint density at radius 1 is 1.64 bits per heavy atom. The van der Waals surface area contributed by atoms with Gasteiger partial charge in [0.25, 0.3) is 0 Å². The average Bonchev–Trinajstić information content (AvgIpc) is 2.55. The number of hydrogen-bond donors (Lipinski definition) is 1. The summed E-state index contributed by atoms with van der Waals surface area (Å²) in [6.45, 7) is 0. The Labute approximate surface area is 69.2 Å². The first-order valence-corrected chi connectivity index (χ1v) is 4.57. The normalized spacial score (nSPS) is 23.6. The summed E-state index contributed by atoms with van der Waals surface area (Å²) in [4.78, 5) is 12.1. The van der Waals surface area contributed by atoms with Gasteiger partial charge in [-0.3, -0.25) is 4.79 Å². The quantitative estimate of drug-likeness (QED) is 0.677. The second-order valence-corrected chi connectivity index (χ2v) is 3.65. The lowest BCUT2D eigenvalue weighted by Crippen LogP contribution is -2.17. The summed E-state index contributed by atoms with van der Waals surface area (Å²) < 4.78 is 0. The van der Waals surface area contributed by atoms with Crippen molar-refractivity contribution in [2.45, 2.75) is 18.9 Å². The molecule has 3 heteroatoms. The molecule has 2 rings (SSSR count). The zero-order valence-corrected chi connectivity index (χ0v) is 6.86. The highest BCUT2D eigenvalue weighted by molar-refractivity contribution is 7.10. The minimum Gasteiger partial charge on any atom is -0.348 e. The lowest BCUT2D eigenvalue weighted by molar-refractivity contribution is -0.119. The van der Waals surface area contributed by atoms with E-state index in [0.717, 1.165) is 6.42 Å². The van der Waals surface area contributed by atoms with Crippen LogP contribution in [0.5, 0.6) is 0 Å². The molecular weight excluding hydrogens is 158 g/mol. The molecule has 1 N–H and O–H groups in total. The van der Waals surface area contributed by atoms with Crippen molar-refractivity contribution in [3.63, 3.8) is 0 Å². The SMILES string of the molecule is O=C1CCC(c2cccs2)N1. The molecule has 0 bridgehead atoms. The van der Waals surface area contributed by atoms with Crippen molar-refractivity contribution < 1.29 is 4.79 Å². The van der Waals surface area contributed by atoms with Crippen LogP contribution in [0, 0.1) is 0 Å². The fourth-order valence-electron chi connectivity index (χ4n) is 1.32. The molecule has 1 amide bonds. The summed E-state index contributed by atoms with van der Waals surface area (Å²) >= 11 is 1.71. The topological polar surface area (TPSA) is 29.1 Å². The van der Waals surface area contributed by atoms with Gasteiger partial charge in [-0.2, -0.15) is 0 Å². The van der Waals surface area contributed by atoms with E-state index in [0.29, 0.717) is 12.5 Å². The molecule has 0 radical (unpaired) electrons. The van der Waals surface area contributed by atoms with Crippen molar-refractivity contribution in [2.75, 3.05) is 0 Å². The lowest BCUT2D eigenvalue weighted by Gasteiger charge is -2.04. The van der Waals surface area contributed by atoms with Crippen LogP contribution in [0.2, 0.25) is 0 Å². The van der Waals surface area contributed by atoms with Crippen molar-refractivity contribution in [3.8, 4) is 0 Å². The molecular formula is C8H9NOS. The molecule has 0 spiro atoms. The Morgan fingerprint density at radius 2 is 2.55 bits per heavy atom. The van der Waals surface area contributed by atoms with Crippen LogP contribution >= 0.6 is 11.3 Å². The monoisotopic (exact) mass is 167 g/mol. The van der Waals surface area contributed by atoms with E-state index in [9.17, 15) is 4.79 Å². The van der Waals surface area contributed by atoms with Crippen LogP contribution in [-0.2, 0) is 4.79 Å². The van der Waals surface area contributed by atoms with E-state index < -0.39 is 0 Å². The number of amides is 1. The second kappa shape index (κ2) is 2.66. The molecule has 1 aliphatic rings. The van der Waals surface area contributed by atoms with E-state index in [-0.39, 0.29) is 5.91 Å². The Morgan fingerprint density at radius 3 is 3.09 bits per heavy atom. The van der Waals surface area contributed by atoms with E-state index in [4.69, 9.17) is 0 Å². The van der Waals surface area contributed by atoms with Crippen LogP contribution < -0.4 is 5.32 Å². The molecule has 1 aromatic heterocycles. The fraction of sp³-hybridized carbons (Fsp3) is 0.375. The predicted octanol–water partition coefficient (Wildman–Crippen LogP) is 1.70. The molecule has 1 atom stereocenters. The number of nitrogens with one attached hydrogen (secondary N) is 1. The van der Waals surface area contributed by atoms with Crippen LogP contribution in [-0.4, -0.2) is 5.91 Å². The Kier molecular flexibility index (Phi) is 1.66. The number of thiophene rings is 1.